The summed E-state index contributed by atoms with van der Waals surface area (Å²) in [4.78, 5) is 13.0. The van der Waals surface area contributed by atoms with Crippen molar-refractivity contribution >= 4 is 21.6 Å². The second kappa shape index (κ2) is 11.6. The van der Waals surface area contributed by atoms with Crippen molar-refractivity contribution < 1.29 is 27.4 Å². The molecule has 3 aromatic carbocycles. The zero-order chi connectivity index (χ0) is 25.4. The van der Waals surface area contributed by atoms with Crippen molar-refractivity contribution in [3.05, 3.63) is 78.4 Å². The second-order valence-electron chi connectivity index (χ2n) is 7.95. The summed E-state index contributed by atoms with van der Waals surface area (Å²) < 4.78 is 44.6. The molecule has 0 heterocycles. The van der Waals surface area contributed by atoms with Crippen LogP contribution in [0.25, 0.3) is 0 Å². The summed E-state index contributed by atoms with van der Waals surface area (Å²) in [7, 11) is -1.18. The van der Waals surface area contributed by atoms with E-state index in [4.69, 9.17) is 14.2 Å². The van der Waals surface area contributed by atoms with E-state index in [1.165, 1.54) is 32.4 Å². The highest BCUT2D eigenvalue weighted by Crippen LogP contribution is 2.35. The number of hydrogen-bond donors (Lipinski definition) is 1. The summed E-state index contributed by atoms with van der Waals surface area (Å²) in [5, 5.41) is 2.80. The molecule has 0 aliphatic carbocycles. The number of methoxy groups -OCH3 is 2. The molecule has 3 aromatic rings. The molecule has 1 N–H and O–H groups in total. The molecule has 0 radical (unpaired) electrons. The molecule has 0 aliphatic rings. The first-order chi connectivity index (χ1) is 16.7. The van der Waals surface area contributed by atoms with Gasteiger partial charge in [0.1, 0.15) is 23.8 Å². The smallest absolute Gasteiger partial charge is 0.264 e. The quantitative estimate of drug-likeness (QED) is 0.429. The van der Waals surface area contributed by atoms with Gasteiger partial charge in [0.2, 0.25) is 5.91 Å². The van der Waals surface area contributed by atoms with Gasteiger partial charge in [0.15, 0.2) is 0 Å². The van der Waals surface area contributed by atoms with Crippen LogP contribution < -0.4 is 23.8 Å². The van der Waals surface area contributed by atoms with Gasteiger partial charge in [-0.2, -0.15) is 0 Å². The molecule has 1 amide bonds. The third-order valence-electron chi connectivity index (χ3n) is 5.03. The lowest BCUT2D eigenvalue weighted by atomic mass is 10.2. The highest BCUT2D eigenvalue weighted by molar-refractivity contribution is 7.92. The van der Waals surface area contributed by atoms with Crippen molar-refractivity contribution in [1.82, 2.24) is 5.32 Å². The highest BCUT2D eigenvalue weighted by atomic mass is 32.2. The molecule has 186 valence electrons. The Morgan fingerprint density at radius 1 is 0.914 bits per heavy atom. The topological polar surface area (TPSA) is 94.2 Å². The van der Waals surface area contributed by atoms with E-state index in [1.54, 1.807) is 30.3 Å². The molecule has 8 nitrogen and oxygen atoms in total. The van der Waals surface area contributed by atoms with Crippen molar-refractivity contribution in [2.24, 2.45) is 0 Å². The fraction of sp³-hybridized carbons (Fsp3) is 0.269. The summed E-state index contributed by atoms with van der Waals surface area (Å²) in [6.45, 7) is 3.62. The number of nitrogens with zero attached hydrogens (tertiary/aromatic N) is 1. The molecule has 0 fully saturated rings. The summed E-state index contributed by atoms with van der Waals surface area (Å²) in [6, 6.07) is 20.1. The lowest BCUT2D eigenvalue weighted by Gasteiger charge is -2.26. The summed E-state index contributed by atoms with van der Waals surface area (Å²) in [6.07, 6.45) is 0.0226. The van der Waals surface area contributed by atoms with Crippen LogP contribution in [0.1, 0.15) is 19.4 Å². The van der Waals surface area contributed by atoms with E-state index in [-0.39, 0.29) is 29.0 Å². The minimum atomic E-state index is -4.09. The Balaban J connectivity index is 1.89. The van der Waals surface area contributed by atoms with Gasteiger partial charge in [-0.15, -0.1) is 0 Å². The van der Waals surface area contributed by atoms with Crippen LogP contribution >= 0.6 is 0 Å². The lowest BCUT2D eigenvalue weighted by molar-refractivity contribution is -0.119. The third kappa shape index (κ3) is 6.66. The fourth-order valence-corrected chi connectivity index (χ4v) is 4.84. The van der Waals surface area contributed by atoms with Gasteiger partial charge in [-0.1, -0.05) is 30.3 Å². The first kappa shape index (κ1) is 25.9. The number of sulfonamides is 1. The van der Waals surface area contributed by atoms with Gasteiger partial charge < -0.3 is 19.5 Å². The third-order valence-corrected chi connectivity index (χ3v) is 6.81. The Labute approximate surface area is 206 Å². The van der Waals surface area contributed by atoms with Crippen LogP contribution in [0.3, 0.4) is 0 Å². The zero-order valence-electron chi connectivity index (χ0n) is 20.2. The molecule has 0 unspecified atom stereocenters. The minimum Gasteiger partial charge on any atom is -0.497 e. The standard InChI is InChI=1S/C26H30N2O6S/c1-19(2)34-22-10-8-9-20(15-22)17-27-26(29)18-28(35(30,31)23-11-6-5-7-12-23)24-16-21(32-3)13-14-25(24)33-4/h5-16,19H,17-18H2,1-4H3,(H,27,29). The molecule has 0 saturated heterocycles. The van der Waals surface area contributed by atoms with E-state index < -0.39 is 22.5 Å². The van der Waals surface area contributed by atoms with E-state index in [2.05, 4.69) is 5.32 Å². The number of rotatable bonds is 11. The molecule has 0 aliphatic heterocycles. The van der Waals surface area contributed by atoms with Gasteiger partial charge in [-0.05, 0) is 55.8 Å². The fourth-order valence-electron chi connectivity index (χ4n) is 3.40. The monoisotopic (exact) mass is 498 g/mol. The van der Waals surface area contributed by atoms with E-state index in [9.17, 15) is 13.2 Å². The average molecular weight is 499 g/mol. The van der Waals surface area contributed by atoms with Crippen LogP contribution in [-0.4, -0.2) is 41.2 Å². The minimum absolute atomic E-state index is 0.0226. The average Bonchev–Trinajstić information content (AvgIpc) is 2.86. The number of anilines is 1. The van der Waals surface area contributed by atoms with Crippen LogP contribution in [-0.2, 0) is 21.4 Å². The van der Waals surface area contributed by atoms with Crippen LogP contribution in [0.2, 0.25) is 0 Å². The number of carbonyl (C=O) groups is 1. The van der Waals surface area contributed by atoms with Crippen LogP contribution in [0.4, 0.5) is 5.69 Å². The molecule has 35 heavy (non-hydrogen) atoms. The van der Waals surface area contributed by atoms with Gasteiger partial charge in [-0.25, -0.2) is 8.42 Å². The van der Waals surface area contributed by atoms with E-state index in [0.29, 0.717) is 11.5 Å². The van der Waals surface area contributed by atoms with Crippen LogP contribution in [0.15, 0.2) is 77.7 Å². The molecule has 9 heteroatoms. The molecule has 3 rings (SSSR count). The van der Waals surface area contributed by atoms with E-state index in [1.807, 2.05) is 38.1 Å². The first-order valence-electron chi connectivity index (χ1n) is 11.1. The number of ether oxygens (including phenoxy) is 3. The normalized spacial score (nSPS) is 11.1. The van der Waals surface area contributed by atoms with Gasteiger partial charge in [0, 0.05) is 12.6 Å². The zero-order valence-corrected chi connectivity index (χ0v) is 21.0. The Bertz CT molecular complexity index is 1250. The molecule has 0 atom stereocenters. The van der Waals surface area contributed by atoms with Crippen LogP contribution in [0.5, 0.6) is 17.2 Å². The maximum Gasteiger partial charge on any atom is 0.264 e. The first-order valence-corrected chi connectivity index (χ1v) is 12.5. The van der Waals surface area contributed by atoms with Gasteiger partial charge in [-0.3, -0.25) is 9.10 Å². The second-order valence-corrected chi connectivity index (χ2v) is 9.82. The molecule has 0 spiro atoms. The van der Waals surface area contributed by atoms with Crippen molar-refractivity contribution in [2.45, 2.75) is 31.4 Å². The predicted molar refractivity (Wildman–Crippen MR) is 135 cm³/mol. The Morgan fingerprint density at radius 2 is 1.66 bits per heavy atom. The van der Waals surface area contributed by atoms with E-state index in [0.717, 1.165) is 9.87 Å². The summed E-state index contributed by atoms with van der Waals surface area (Å²) in [5.41, 5.74) is 1.02. The maximum atomic E-state index is 13.6. The highest BCUT2D eigenvalue weighted by Gasteiger charge is 2.29. The van der Waals surface area contributed by atoms with Gasteiger partial charge in [0.25, 0.3) is 10.0 Å². The Hall–Kier alpha value is -3.72. The van der Waals surface area contributed by atoms with Crippen molar-refractivity contribution in [3.63, 3.8) is 0 Å². The number of amides is 1. The molecule has 0 saturated carbocycles. The SMILES string of the molecule is COc1ccc(OC)c(N(CC(=O)NCc2cccc(OC(C)C)c2)S(=O)(=O)c2ccccc2)c1. The maximum absolute atomic E-state index is 13.6. The van der Waals surface area contributed by atoms with E-state index >= 15 is 0 Å². The molecule has 0 bridgehead atoms. The molecule has 0 aromatic heterocycles. The number of hydrogen-bond acceptors (Lipinski definition) is 6. The summed E-state index contributed by atoms with van der Waals surface area (Å²) in [5.74, 6) is 0.929. The number of carbonyl (C=O) groups excluding carboxylic acids is 1. The van der Waals surface area contributed by atoms with Crippen molar-refractivity contribution in [1.29, 1.82) is 0 Å². The largest absolute Gasteiger partial charge is 0.497 e. The summed E-state index contributed by atoms with van der Waals surface area (Å²) >= 11 is 0. The Kier molecular flexibility index (Phi) is 8.59. The predicted octanol–water partition coefficient (Wildman–Crippen LogP) is 4.00. The van der Waals surface area contributed by atoms with Crippen molar-refractivity contribution in [2.75, 3.05) is 25.1 Å². The number of benzene rings is 3. The van der Waals surface area contributed by atoms with Crippen LogP contribution in [0, 0.1) is 0 Å². The lowest BCUT2D eigenvalue weighted by Crippen LogP contribution is -2.40. The molecular formula is C26H30N2O6S. The van der Waals surface area contributed by atoms with Crippen molar-refractivity contribution in [3.8, 4) is 17.2 Å². The molecular weight excluding hydrogens is 468 g/mol. The number of nitrogens with one attached hydrogen (secondary N) is 1. The van der Waals surface area contributed by atoms with Gasteiger partial charge in [0.05, 0.1) is 30.9 Å². The van der Waals surface area contributed by atoms with Gasteiger partial charge >= 0.3 is 0 Å². The Morgan fingerprint density at radius 3 is 2.31 bits per heavy atom.